The number of benzene rings is 1. The molecule has 1 aromatic carbocycles. The second-order valence-corrected chi connectivity index (χ2v) is 7.75. The predicted molar refractivity (Wildman–Crippen MR) is 95.7 cm³/mol. The summed E-state index contributed by atoms with van der Waals surface area (Å²) in [6.07, 6.45) is -0.610. The molecule has 0 fully saturated rings. The Morgan fingerprint density at radius 3 is 2.78 bits per heavy atom. The highest BCUT2D eigenvalue weighted by molar-refractivity contribution is 8.01. The minimum absolute atomic E-state index is 0.229. The summed E-state index contributed by atoms with van der Waals surface area (Å²) < 4.78 is 6.68. The van der Waals surface area contributed by atoms with Crippen LogP contribution in [0.15, 0.2) is 16.5 Å². The average molecular weight is 351 g/mol. The largest absolute Gasteiger partial charge is 0.481 e. The first-order chi connectivity index (χ1) is 10.9. The van der Waals surface area contributed by atoms with E-state index in [1.807, 2.05) is 33.8 Å². The Hall–Kier alpha value is -1.60. The second-order valence-electron chi connectivity index (χ2n) is 5.26. The number of carbonyl (C=O) groups excluding carboxylic acids is 1. The molecule has 0 aliphatic carbocycles. The van der Waals surface area contributed by atoms with Crippen LogP contribution in [0.2, 0.25) is 0 Å². The van der Waals surface area contributed by atoms with E-state index in [9.17, 15) is 4.79 Å². The Bertz CT molecular complexity index is 701. The molecule has 1 N–H and O–H groups in total. The summed E-state index contributed by atoms with van der Waals surface area (Å²) in [5, 5.41) is 11.2. The van der Waals surface area contributed by atoms with Crippen LogP contribution in [0.25, 0.3) is 0 Å². The van der Waals surface area contributed by atoms with Crippen LogP contribution in [0, 0.1) is 20.8 Å². The van der Waals surface area contributed by atoms with Crippen LogP contribution in [0.3, 0.4) is 0 Å². The molecule has 0 radical (unpaired) electrons. The smallest absolute Gasteiger partial charge is 0.266 e. The van der Waals surface area contributed by atoms with Crippen molar-refractivity contribution in [1.29, 1.82) is 0 Å². The SMILES string of the molecule is CCSc1nnc(NC(=O)[C@H](C)Oc2cc(C)cc(C)c2C)s1. The molecular formula is C16H21N3O2S2. The van der Waals surface area contributed by atoms with Gasteiger partial charge in [0.15, 0.2) is 10.4 Å². The molecule has 1 heterocycles. The summed E-state index contributed by atoms with van der Waals surface area (Å²) in [5.74, 6) is 1.44. The molecule has 23 heavy (non-hydrogen) atoms. The number of anilines is 1. The molecule has 2 aromatic rings. The van der Waals surface area contributed by atoms with Crippen LogP contribution in [-0.2, 0) is 4.79 Å². The molecule has 0 bridgehead atoms. The van der Waals surface area contributed by atoms with E-state index in [0.717, 1.165) is 32.5 Å². The molecule has 1 amide bonds. The molecule has 2 rings (SSSR count). The first-order valence-electron chi connectivity index (χ1n) is 7.42. The number of hydrogen-bond donors (Lipinski definition) is 1. The van der Waals surface area contributed by atoms with Crippen molar-refractivity contribution in [3.05, 3.63) is 28.8 Å². The Morgan fingerprint density at radius 2 is 2.09 bits per heavy atom. The summed E-state index contributed by atoms with van der Waals surface area (Å²) in [4.78, 5) is 12.3. The van der Waals surface area contributed by atoms with E-state index >= 15 is 0 Å². The highest BCUT2D eigenvalue weighted by atomic mass is 32.2. The minimum Gasteiger partial charge on any atom is -0.481 e. The Balaban J connectivity index is 2.02. The number of rotatable bonds is 6. The lowest BCUT2D eigenvalue weighted by atomic mass is 10.1. The topological polar surface area (TPSA) is 64.1 Å². The Morgan fingerprint density at radius 1 is 1.35 bits per heavy atom. The predicted octanol–water partition coefficient (Wildman–Crippen LogP) is 3.98. The quantitative estimate of drug-likeness (QED) is 0.630. The summed E-state index contributed by atoms with van der Waals surface area (Å²) in [5.41, 5.74) is 3.31. The monoisotopic (exact) mass is 351 g/mol. The van der Waals surface area contributed by atoms with Gasteiger partial charge in [-0.2, -0.15) is 0 Å². The zero-order chi connectivity index (χ0) is 17.0. The van der Waals surface area contributed by atoms with Crippen molar-refractivity contribution in [2.45, 2.75) is 45.1 Å². The van der Waals surface area contributed by atoms with Gasteiger partial charge in [-0.3, -0.25) is 10.1 Å². The normalized spacial score (nSPS) is 12.0. The van der Waals surface area contributed by atoms with Gasteiger partial charge < -0.3 is 4.74 Å². The summed E-state index contributed by atoms with van der Waals surface area (Å²) >= 11 is 2.97. The van der Waals surface area contributed by atoms with Crippen LogP contribution in [0.4, 0.5) is 5.13 Å². The third-order valence-electron chi connectivity index (χ3n) is 3.34. The lowest BCUT2D eigenvalue weighted by Crippen LogP contribution is -2.30. The lowest BCUT2D eigenvalue weighted by molar-refractivity contribution is -0.122. The van der Waals surface area contributed by atoms with Gasteiger partial charge in [-0.25, -0.2) is 0 Å². The van der Waals surface area contributed by atoms with Gasteiger partial charge in [0, 0.05) is 0 Å². The highest BCUT2D eigenvalue weighted by Gasteiger charge is 2.18. The second kappa shape index (κ2) is 7.79. The van der Waals surface area contributed by atoms with E-state index in [1.54, 1.807) is 18.7 Å². The number of hydrogen-bond acceptors (Lipinski definition) is 6. The molecule has 0 saturated heterocycles. The number of nitrogens with one attached hydrogen (secondary N) is 1. The van der Waals surface area contributed by atoms with Gasteiger partial charge in [0.2, 0.25) is 5.13 Å². The van der Waals surface area contributed by atoms with E-state index in [-0.39, 0.29) is 5.91 Å². The average Bonchev–Trinajstić information content (AvgIpc) is 2.91. The number of nitrogens with zero attached hydrogens (tertiary/aromatic N) is 2. The molecule has 1 aromatic heterocycles. The number of aromatic nitrogens is 2. The van der Waals surface area contributed by atoms with Gasteiger partial charge in [-0.05, 0) is 56.2 Å². The standard InChI is InChI=1S/C16H21N3O2S2/c1-6-22-16-19-18-15(23-16)17-14(20)12(5)21-13-8-9(2)7-10(3)11(13)4/h7-8,12H,6H2,1-5H3,(H,17,18,20)/t12-/m0/s1. The molecule has 0 aliphatic heterocycles. The van der Waals surface area contributed by atoms with Gasteiger partial charge >= 0.3 is 0 Å². The third kappa shape index (κ3) is 4.68. The van der Waals surface area contributed by atoms with Crippen LogP contribution in [-0.4, -0.2) is 28.0 Å². The number of amides is 1. The molecule has 124 valence electrons. The number of thioether (sulfide) groups is 1. The van der Waals surface area contributed by atoms with Gasteiger partial charge in [-0.1, -0.05) is 36.1 Å². The summed E-state index contributed by atoms with van der Waals surface area (Å²) in [6.45, 7) is 9.82. The molecule has 0 unspecified atom stereocenters. The summed E-state index contributed by atoms with van der Waals surface area (Å²) in [6, 6.07) is 4.05. The first kappa shape index (κ1) is 17.7. The molecule has 0 spiro atoms. The maximum Gasteiger partial charge on any atom is 0.266 e. The van der Waals surface area contributed by atoms with Crippen LogP contribution in [0.1, 0.15) is 30.5 Å². The van der Waals surface area contributed by atoms with Gasteiger partial charge in [-0.15, -0.1) is 10.2 Å². The van der Waals surface area contributed by atoms with Crippen molar-refractivity contribution in [3.8, 4) is 5.75 Å². The van der Waals surface area contributed by atoms with E-state index in [2.05, 4.69) is 21.6 Å². The van der Waals surface area contributed by atoms with Crippen molar-refractivity contribution < 1.29 is 9.53 Å². The van der Waals surface area contributed by atoms with Crippen molar-refractivity contribution in [2.24, 2.45) is 0 Å². The fraction of sp³-hybridized carbons (Fsp3) is 0.438. The van der Waals surface area contributed by atoms with Gasteiger partial charge in [0.05, 0.1) is 0 Å². The molecule has 1 atom stereocenters. The van der Waals surface area contributed by atoms with Crippen molar-refractivity contribution in [3.63, 3.8) is 0 Å². The van der Waals surface area contributed by atoms with Gasteiger partial charge in [0.1, 0.15) is 5.75 Å². The first-order valence-corrected chi connectivity index (χ1v) is 9.22. The molecule has 5 nitrogen and oxygen atoms in total. The lowest BCUT2D eigenvalue weighted by Gasteiger charge is -2.17. The number of ether oxygens (including phenoxy) is 1. The highest BCUT2D eigenvalue weighted by Crippen LogP contribution is 2.26. The van der Waals surface area contributed by atoms with Crippen molar-refractivity contribution >= 4 is 34.1 Å². The number of carbonyl (C=O) groups is 1. The molecule has 0 saturated carbocycles. The summed E-state index contributed by atoms with van der Waals surface area (Å²) in [7, 11) is 0. The zero-order valence-electron chi connectivity index (χ0n) is 14.0. The molecule has 0 aliphatic rings. The van der Waals surface area contributed by atoms with Crippen molar-refractivity contribution in [2.75, 3.05) is 11.1 Å². The van der Waals surface area contributed by atoms with Crippen LogP contribution < -0.4 is 10.1 Å². The number of aryl methyl sites for hydroxylation is 2. The molecule has 7 heteroatoms. The Labute approximate surface area is 144 Å². The third-order valence-corrected chi connectivity index (χ3v) is 5.20. The van der Waals surface area contributed by atoms with E-state index < -0.39 is 6.10 Å². The van der Waals surface area contributed by atoms with Crippen molar-refractivity contribution in [1.82, 2.24) is 10.2 Å². The minimum atomic E-state index is -0.610. The zero-order valence-corrected chi connectivity index (χ0v) is 15.6. The Kier molecular flexibility index (Phi) is 6.01. The van der Waals surface area contributed by atoms with Crippen LogP contribution in [0.5, 0.6) is 5.75 Å². The maximum absolute atomic E-state index is 12.3. The van der Waals surface area contributed by atoms with E-state index in [4.69, 9.17) is 4.74 Å². The van der Waals surface area contributed by atoms with Crippen LogP contribution >= 0.6 is 23.1 Å². The van der Waals surface area contributed by atoms with E-state index in [0.29, 0.717) is 5.13 Å². The fourth-order valence-corrected chi connectivity index (χ4v) is 3.67. The maximum atomic E-state index is 12.3. The van der Waals surface area contributed by atoms with E-state index in [1.165, 1.54) is 11.3 Å². The van der Waals surface area contributed by atoms with Gasteiger partial charge in [0.25, 0.3) is 5.91 Å². The fourth-order valence-electron chi connectivity index (χ4n) is 2.02. The molecular weight excluding hydrogens is 330 g/mol.